The highest BCUT2D eigenvalue weighted by Crippen LogP contribution is 2.34. The summed E-state index contributed by atoms with van der Waals surface area (Å²) in [5.41, 5.74) is 1.90. The normalized spacial score (nSPS) is 10.8. The van der Waals surface area contributed by atoms with Gasteiger partial charge in [0.05, 0.1) is 6.42 Å². The minimum absolute atomic E-state index is 0.0278. The van der Waals surface area contributed by atoms with Crippen LogP contribution in [-0.4, -0.2) is 22.6 Å². The van der Waals surface area contributed by atoms with Crippen molar-refractivity contribution in [3.8, 4) is 11.1 Å². The summed E-state index contributed by atoms with van der Waals surface area (Å²) in [4.78, 5) is 15.2. The molecule has 0 radical (unpaired) electrons. The summed E-state index contributed by atoms with van der Waals surface area (Å²) in [5, 5.41) is 13.4. The minimum Gasteiger partial charge on any atom is -0.481 e. The van der Waals surface area contributed by atoms with Gasteiger partial charge in [-0.2, -0.15) is 0 Å². The van der Waals surface area contributed by atoms with Crippen LogP contribution in [0.15, 0.2) is 42.5 Å². The third kappa shape index (κ3) is 3.42. The van der Waals surface area contributed by atoms with E-state index in [1.54, 1.807) is 6.92 Å². The van der Waals surface area contributed by atoms with E-state index >= 15 is 0 Å². The molecule has 0 amide bonds. The zero-order valence-corrected chi connectivity index (χ0v) is 13.5. The molecule has 0 fully saturated rings. The highest BCUT2D eigenvalue weighted by molar-refractivity contribution is 6.03. The first-order chi connectivity index (χ1) is 12.0. The summed E-state index contributed by atoms with van der Waals surface area (Å²) in [7, 11) is 0. The Morgan fingerprint density at radius 1 is 1.12 bits per heavy atom. The third-order valence-corrected chi connectivity index (χ3v) is 3.93. The number of halogens is 2. The number of rotatable bonds is 5. The second kappa shape index (κ2) is 6.84. The van der Waals surface area contributed by atoms with Gasteiger partial charge in [0.25, 0.3) is 0 Å². The Hall–Kier alpha value is -3.02. The maximum absolute atomic E-state index is 13.7. The lowest BCUT2D eigenvalue weighted by molar-refractivity contribution is -0.136. The molecule has 0 saturated carbocycles. The Labute approximate surface area is 143 Å². The molecular formula is C19H16F2N2O2. The van der Waals surface area contributed by atoms with Crippen LogP contribution in [0.3, 0.4) is 0 Å². The molecular weight excluding hydrogens is 326 g/mol. The average molecular weight is 342 g/mol. The highest BCUT2D eigenvalue weighted by Gasteiger charge is 2.14. The van der Waals surface area contributed by atoms with Gasteiger partial charge in [-0.1, -0.05) is 30.3 Å². The molecule has 0 bridgehead atoms. The molecule has 3 rings (SSSR count). The number of carboxylic acid groups (broad SMARTS) is 1. The number of carboxylic acids is 1. The highest BCUT2D eigenvalue weighted by atomic mass is 19.2. The van der Waals surface area contributed by atoms with E-state index in [2.05, 4.69) is 10.3 Å². The summed E-state index contributed by atoms with van der Waals surface area (Å²) in [5.74, 6) is -2.14. The van der Waals surface area contributed by atoms with Crippen LogP contribution in [0.2, 0.25) is 0 Å². The monoisotopic (exact) mass is 342 g/mol. The summed E-state index contributed by atoms with van der Waals surface area (Å²) in [6, 6.07) is 11.2. The molecule has 1 heterocycles. The average Bonchev–Trinajstić information content (AvgIpc) is 2.57. The van der Waals surface area contributed by atoms with E-state index in [-0.39, 0.29) is 13.0 Å². The molecule has 0 spiro atoms. The van der Waals surface area contributed by atoms with Crippen LogP contribution in [0.4, 0.5) is 14.6 Å². The number of hydrogen-bond acceptors (Lipinski definition) is 3. The fourth-order valence-corrected chi connectivity index (χ4v) is 2.82. The predicted octanol–water partition coefficient (Wildman–Crippen LogP) is 4.38. The summed E-state index contributed by atoms with van der Waals surface area (Å²) in [6.45, 7) is 2.03. The van der Waals surface area contributed by atoms with Gasteiger partial charge in [0.2, 0.25) is 0 Å². The standard InChI is InChI=1S/C19H16F2N2O2/c1-11-18(12-6-7-15(20)16(21)10-12)13-4-2-3-5-14(13)19(23-11)22-9-8-17(24)25/h2-7,10H,8-9H2,1H3,(H,22,23)(H,24,25). The lowest BCUT2D eigenvalue weighted by Gasteiger charge is -2.15. The molecule has 4 nitrogen and oxygen atoms in total. The fraction of sp³-hybridized carbons (Fsp3) is 0.158. The summed E-state index contributed by atoms with van der Waals surface area (Å²) < 4.78 is 26.9. The second-order valence-electron chi connectivity index (χ2n) is 5.67. The zero-order valence-electron chi connectivity index (χ0n) is 13.5. The van der Waals surface area contributed by atoms with Crippen molar-refractivity contribution in [1.29, 1.82) is 0 Å². The third-order valence-electron chi connectivity index (χ3n) is 3.93. The van der Waals surface area contributed by atoms with Crippen molar-refractivity contribution in [2.24, 2.45) is 0 Å². The SMILES string of the molecule is Cc1nc(NCCC(=O)O)c2ccccc2c1-c1ccc(F)c(F)c1. The van der Waals surface area contributed by atoms with E-state index in [0.717, 1.165) is 28.5 Å². The van der Waals surface area contributed by atoms with Gasteiger partial charge in [0.1, 0.15) is 5.82 Å². The summed E-state index contributed by atoms with van der Waals surface area (Å²) >= 11 is 0. The molecule has 2 N–H and O–H groups in total. The van der Waals surface area contributed by atoms with E-state index in [0.29, 0.717) is 17.1 Å². The van der Waals surface area contributed by atoms with Gasteiger partial charge in [-0.15, -0.1) is 0 Å². The lowest BCUT2D eigenvalue weighted by atomic mass is 9.97. The Bertz CT molecular complexity index is 958. The van der Waals surface area contributed by atoms with Crippen LogP contribution < -0.4 is 5.32 Å². The topological polar surface area (TPSA) is 62.2 Å². The molecule has 3 aromatic rings. The Morgan fingerprint density at radius 2 is 1.84 bits per heavy atom. The molecule has 25 heavy (non-hydrogen) atoms. The van der Waals surface area contributed by atoms with Gasteiger partial charge in [0.15, 0.2) is 11.6 Å². The number of aryl methyl sites for hydroxylation is 1. The lowest BCUT2D eigenvalue weighted by Crippen LogP contribution is -2.09. The molecule has 0 atom stereocenters. The van der Waals surface area contributed by atoms with Crippen LogP contribution in [0, 0.1) is 18.6 Å². The number of anilines is 1. The van der Waals surface area contributed by atoms with E-state index in [1.165, 1.54) is 6.07 Å². The number of fused-ring (bicyclic) bond motifs is 1. The molecule has 0 unspecified atom stereocenters. The van der Waals surface area contributed by atoms with Crippen molar-refractivity contribution < 1.29 is 18.7 Å². The predicted molar refractivity (Wildman–Crippen MR) is 92.6 cm³/mol. The Kier molecular flexibility index (Phi) is 4.61. The maximum Gasteiger partial charge on any atom is 0.305 e. The van der Waals surface area contributed by atoms with Gasteiger partial charge >= 0.3 is 5.97 Å². The van der Waals surface area contributed by atoms with Gasteiger partial charge in [-0.3, -0.25) is 4.79 Å². The molecule has 1 aromatic heterocycles. The number of aromatic nitrogens is 1. The number of carbonyl (C=O) groups is 1. The molecule has 0 aliphatic carbocycles. The molecule has 0 aliphatic rings. The van der Waals surface area contributed by atoms with E-state index < -0.39 is 17.6 Å². The maximum atomic E-state index is 13.7. The van der Waals surface area contributed by atoms with Gasteiger partial charge in [-0.05, 0) is 30.0 Å². The van der Waals surface area contributed by atoms with Crippen molar-refractivity contribution >= 4 is 22.6 Å². The van der Waals surface area contributed by atoms with Gasteiger partial charge < -0.3 is 10.4 Å². The van der Waals surface area contributed by atoms with Crippen LogP contribution >= 0.6 is 0 Å². The van der Waals surface area contributed by atoms with Crippen LogP contribution in [-0.2, 0) is 4.79 Å². The summed E-state index contributed by atoms with van der Waals surface area (Å²) in [6.07, 6.45) is -0.0278. The first-order valence-electron chi connectivity index (χ1n) is 7.78. The fourth-order valence-electron chi connectivity index (χ4n) is 2.82. The number of aliphatic carboxylic acids is 1. The van der Waals surface area contributed by atoms with E-state index in [1.807, 2.05) is 24.3 Å². The molecule has 128 valence electrons. The number of hydrogen-bond donors (Lipinski definition) is 2. The second-order valence-corrected chi connectivity index (χ2v) is 5.67. The van der Waals surface area contributed by atoms with Crippen molar-refractivity contribution in [3.63, 3.8) is 0 Å². The van der Waals surface area contributed by atoms with Crippen LogP contribution in [0.1, 0.15) is 12.1 Å². The van der Waals surface area contributed by atoms with E-state index in [4.69, 9.17) is 5.11 Å². The number of nitrogens with zero attached hydrogens (tertiary/aromatic N) is 1. The van der Waals surface area contributed by atoms with Crippen molar-refractivity contribution in [2.75, 3.05) is 11.9 Å². The van der Waals surface area contributed by atoms with Crippen LogP contribution in [0.5, 0.6) is 0 Å². The zero-order chi connectivity index (χ0) is 18.0. The van der Waals surface area contributed by atoms with Gasteiger partial charge in [-0.25, -0.2) is 13.8 Å². The number of benzene rings is 2. The molecule has 0 saturated heterocycles. The Balaban J connectivity index is 2.13. The minimum atomic E-state index is -0.912. The molecule has 2 aromatic carbocycles. The first kappa shape index (κ1) is 16.8. The van der Waals surface area contributed by atoms with Crippen molar-refractivity contribution in [1.82, 2.24) is 4.98 Å². The quantitative estimate of drug-likeness (QED) is 0.722. The van der Waals surface area contributed by atoms with Gasteiger partial charge in [0, 0.05) is 23.2 Å². The molecule has 6 heteroatoms. The number of nitrogens with one attached hydrogen (secondary N) is 1. The van der Waals surface area contributed by atoms with Crippen LogP contribution in [0.25, 0.3) is 21.9 Å². The largest absolute Gasteiger partial charge is 0.481 e. The van der Waals surface area contributed by atoms with E-state index in [9.17, 15) is 13.6 Å². The smallest absolute Gasteiger partial charge is 0.305 e. The number of pyridine rings is 1. The van der Waals surface area contributed by atoms with Crippen molar-refractivity contribution in [3.05, 3.63) is 59.8 Å². The molecule has 0 aliphatic heterocycles. The van der Waals surface area contributed by atoms with Crippen molar-refractivity contribution in [2.45, 2.75) is 13.3 Å². The Morgan fingerprint density at radius 3 is 2.52 bits per heavy atom. The first-order valence-corrected chi connectivity index (χ1v) is 7.78.